The van der Waals surface area contributed by atoms with Crippen LogP contribution < -0.4 is 5.32 Å². The van der Waals surface area contributed by atoms with Crippen LogP contribution in [0.15, 0.2) is 30.9 Å². The number of carbonyl (C=O) groups excluding carboxylic acids is 1. The molecule has 0 spiro atoms. The van der Waals surface area contributed by atoms with E-state index in [2.05, 4.69) is 25.5 Å². The van der Waals surface area contributed by atoms with Crippen LogP contribution in [0.25, 0.3) is 0 Å². The first-order chi connectivity index (χ1) is 7.75. The van der Waals surface area contributed by atoms with Crippen LogP contribution in [-0.2, 0) is 0 Å². The monoisotopic (exact) mass is 235 g/mol. The molecule has 0 radical (unpaired) electrons. The summed E-state index contributed by atoms with van der Waals surface area (Å²) < 4.78 is 0. The van der Waals surface area contributed by atoms with Gasteiger partial charge in [0.2, 0.25) is 0 Å². The summed E-state index contributed by atoms with van der Waals surface area (Å²) in [6.07, 6.45) is 5.56. The molecule has 0 bridgehead atoms. The van der Waals surface area contributed by atoms with Gasteiger partial charge in [-0.05, 0) is 6.07 Å². The number of halogens is 1. The summed E-state index contributed by atoms with van der Waals surface area (Å²) in [6, 6.07) is 1.54. The van der Waals surface area contributed by atoms with Crippen molar-refractivity contribution in [2.24, 2.45) is 0 Å². The SMILES string of the molecule is O=C(Nc1cncc(Cl)n1)c1ccnnc1. The average molecular weight is 236 g/mol. The van der Waals surface area contributed by atoms with Crippen molar-refractivity contribution in [3.63, 3.8) is 0 Å². The molecule has 2 rings (SSSR count). The number of nitrogens with one attached hydrogen (secondary N) is 1. The van der Waals surface area contributed by atoms with Crippen molar-refractivity contribution in [1.29, 1.82) is 0 Å². The van der Waals surface area contributed by atoms with E-state index in [4.69, 9.17) is 11.6 Å². The van der Waals surface area contributed by atoms with Crippen LogP contribution in [0.1, 0.15) is 10.4 Å². The fourth-order valence-corrected chi connectivity index (χ4v) is 1.16. The molecule has 0 saturated carbocycles. The summed E-state index contributed by atoms with van der Waals surface area (Å²) in [5, 5.41) is 9.91. The Balaban J connectivity index is 2.14. The maximum absolute atomic E-state index is 11.6. The second kappa shape index (κ2) is 4.63. The van der Waals surface area contributed by atoms with Crippen molar-refractivity contribution in [3.8, 4) is 0 Å². The van der Waals surface area contributed by atoms with Gasteiger partial charge in [0.1, 0.15) is 5.15 Å². The van der Waals surface area contributed by atoms with Gasteiger partial charge in [0.05, 0.1) is 30.4 Å². The van der Waals surface area contributed by atoms with Gasteiger partial charge in [-0.15, -0.1) is 0 Å². The predicted molar refractivity (Wildman–Crippen MR) is 57.0 cm³/mol. The lowest BCUT2D eigenvalue weighted by Crippen LogP contribution is -2.13. The molecule has 0 aromatic carbocycles. The summed E-state index contributed by atoms with van der Waals surface area (Å²) in [5.41, 5.74) is 0.386. The van der Waals surface area contributed by atoms with E-state index >= 15 is 0 Å². The molecule has 7 heteroatoms. The largest absolute Gasteiger partial charge is 0.305 e. The van der Waals surface area contributed by atoms with Crippen molar-refractivity contribution >= 4 is 23.3 Å². The first kappa shape index (κ1) is 10.4. The molecule has 1 N–H and O–H groups in total. The smallest absolute Gasteiger partial charge is 0.258 e. The fourth-order valence-electron chi connectivity index (χ4n) is 1.02. The van der Waals surface area contributed by atoms with Gasteiger partial charge in [-0.25, -0.2) is 4.98 Å². The predicted octanol–water partition coefficient (Wildman–Crippen LogP) is 1.17. The molecule has 0 unspecified atom stereocenters. The van der Waals surface area contributed by atoms with E-state index in [0.29, 0.717) is 5.56 Å². The summed E-state index contributed by atoms with van der Waals surface area (Å²) in [5.74, 6) is -0.0548. The summed E-state index contributed by atoms with van der Waals surface area (Å²) >= 11 is 5.63. The molecule has 16 heavy (non-hydrogen) atoms. The molecular formula is C9H6ClN5O. The molecule has 2 aromatic rings. The van der Waals surface area contributed by atoms with E-state index < -0.39 is 0 Å². The highest BCUT2D eigenvalue weighted by Crippen LogP contribution is 2.08. The van der Waals surface area contributed by atoms with Crippen molar-refractivity contribution in [2.45, 2.75) is 0 Å². The van der Waals surface area contributed by atoms with Gasteiger partial charge in [-0.2, -0.15) is 10.2 Å². The zero-order chi connectivity index (χ0) is 11.4. The van der Waals surface area contributed by atoms with E-state index in [1.807, 2.05) is 0 Å². The molecule has 0 aliphatic carbocycles. The molecule has 6 nitrogen and oxygen atoms in total. The number of aromatic nitrogens is 4. The van der Waals surface area contributed by atoms with Crippen LogP contribution in [0.5, 0.6) is 0 Å². The Bertz CT molecular complexity index is 504. The van der Waals surface area contributed by atoms with E-state index in [1.54, 1.807) is 6.07 Å². The van der Waals surface area contributed by atoms with Gasteiger partial charge in [0, 0.05) is 0 Å². The number of amides is 1. The Kier molecular flexibility index (Phi) is 3.02. The number of carbonyl (C=O) groups is 1. The maximum Gasteiger partial charge on any atom is 0.258 e. The zero-order valence-corrected chi connectivity index (χ0v) is 8.72. The molecule has 0 atom stereocenters. The van der Waals surface area contributed by atoms with Crippen molar-refractivity contribution in [2.75, 3.05) is 5.32 Å². The number of rotatable bonds is 2. The van der Waals surface area contributed by atoms with Crippen molar-refractivity contribution in [3.05, 3.63) is 41.6 Å². The Morgan fingerprint density at radius 3 is 2.81 bits per heavy atom. The van der Waals surface area contributed by atoms with Crippen LogP contribution in [0.2, 0.25) is 5.15 Å². The Hall–Kier alpha value is -2.08. The van der Waals surface area contributed by atoms with E-state index in [0.717, 1.165) is 0 Å². The Morgan fingerprint density at radius 2 is 2.12 bits per heavy atom. The molecule has 2 heterocycles. The minimum Gasteiger partial charge on any atom is -0.305 e. The number of nitrogens with zero attached hydrogens (tertiary/aromatic N) is 4. The third kappa shape index (κ3) is 2.48. The minimum absolute atomic E-state index is 0.214. The molecule has 0 fully saturated rings. The molecule has 0 saturated heterocycles. The quantitative estimate of drug-likeness (QED) is 0.845. The molecule has 0 aliphatic rings. The number of anilines is 1. The number of hydrogen-bond donors (Lipinski definition) is 1. The molecule has 1 amide bonds. The van der Waals surface area contributed by atoms with Gasteiger partial charge in [-0.3, -0.25) is 9.78 Å². The van der Waals surface area contributed by atoms with Crippen LogP contribution in [0.4, 0.5) is 5.82 Å². The lowest BCUT2D eigenvalue weighted by Gasteiger charge is -2.02. The number of hydrogen-bond acceptors (Lipinski definition) is 5. The van der Waals surface area contributed by atoms with Crippen LogP contribution in [0, 0.1) is 0 Å². The van der Waals surface area contributed by atoms with Gasteiger partial charge in [0.15, 0.2) is 5.82 Å². The zero-order valence-electron chi connectivity index (χ0n) is 7.96. The van der Waals surface area contributed by atoms with Gasteiger partial charge in [-0.1, -0.05) is 11.6 Å². The average Bonchev–Trinajstić information content (AvgIpc) is 2.30. The van der Waals surface area contributed by atoms with Crippen LogP contribution in [0.3, 0.4) is 0 Å². The third-order valence-corrected chi connectivity index (χ3v) is 1.88. The molecular weight excluding hydrogens is 230 g/mol. The van der Waals surface area contributed by atoms with E-state index in [1.165, 1.54) is 24.8 Å². The second-order valence-corrected chi connectivity index (χ2v) is 3.20. The third-order valence-electron chi connectivity index (χ3n) is 1.69. The Labute approximate surface area is 95.7 Å². The first-order valence-electron chi connectivity index (χ1n) is 4.31. The molecule has 0 aliphatic heterocycles. The highest BCUT2D eigenvalue weighted by Gasteiger charge is 2.06. The minimum atomic E-state index is -0.341. The molecule has 2 aromatic heterocycles. The topological polar surface area (TPSA) is 80.7 Å². The fraction of sp³-hybridized carbons (Fsp3) is 0. The normalized spacial score (nSPS) is 9.81. The highest BCUT2D eigenvalue weighted by molar-refractivity contribution is 6.29. The van der Waals surface area contributed by atoms with E-state index in [-0.39, 0.29) is 16.9 Å². The standard InChI is InChI=1S/C9H6ClN5O/c10-7-4-11-5-8(14-7)15-9(16)6-1-2-12-13-3-6/h1-5H,(H,14,15,16). The van der Waals surface area contributed by atoms with Crippen molar-refractivity contribution in [1.82, 2.24) is 20.2 Å². The Morgan fingerprint density at radius 1 is 1.25 bits per heavy atom. The maximum atomic E-state index is 11.6. The highest BCUT2D eigenvalue weighted by atomic mass is 35.5. The van der Waals surface area contributed by atoms with Crippen molar-refractivity contribution < 1.29 is 4.79 Å². The molecule has 80 valence electrons. The van der Waals surface area contributed by atoms with E-state index in [9.17, 15) is 4.79 Å². The van der Waals surface area contributed by atoms with Gasteiger partial charge >= 0.3 is 0 Å². The lowest BCUT2D eigenvalue weighted by atomic mass is 10.3. The summed E-state index contributed by atoms with van der Waals surface area (Å²) in [7, 11) is 0. The summed E-state index contributed by atoms with van der Waals surface area (Å²) in [6.45, 7) is 0. The summed E-state index contributed by atoms with van der Waals surface area (Å²) in [4.78, 5) is 19.3. The van der Waals surface area contributed by atoms with Gasteiger partial charge in [0.25, 0.3) is 5.91 Å². The lowest BCUT2D eigenvalue weighted by molar-refractivity contribution is 0.102. The van der Waals surface area contributed by atoms with Crippen LogP contribution in [-0.4, -0.2) is 26.1 Å². The van der Waals surface area contributed by atoms with Crippen LogP contribution >= 0.6 is 11.6 Å². The second-order valence-electron chi connectivity index (χ2n) is 2.81. The first-order valence-corrected chi connectivity index (χ1v) is 4.69. The van der Waals surface area contributed by atoms with Gasteiger partial charge < -0.3 is 5.32 Å².